The first-order valence-electron chi connectivity index (χ1n) is 9.78. The highest BCUT2D eigenvalue weighted by Crippen LogP contribution is 2.28. The Morgan fingerprint density at radius 3 is 2.59 bits per heavy atom. The minimum Gasteiger partial charge on any atom is -0.493 e. The SMILES string of the molecule is COc1ccc(/C=C/C(=O)NCC(c2cccc(Cl)c2)N2CCCC2)cc1OC. The molecule has 1 N–H and O–H groups in total. The Kier molecular flexibility index (Phi) is 7.55. The Balaban J connectivity index is 1.65. The smallest absolute Gasteiger partial charge is 0.244 e. The topological polar surface area (TPSA) is 50.8 Å². The van der Waals surface area contributed by atoms with Crippen LogP contribution < -0.4 is 14.8 Å². The van der Waals surface area contributed by atoms with Crippen molar-refractivity contribution in [1.29, 1.82) is 0 Å². The molecule has 0 spiro atoms. The van der Waals surface area contributed by atoms with Crippen molar-refractivity contribution in [2.75, 3.05) is 33.9 Å². The number of benzene rings is 2. The molecule has 6 heteroatoms. The largest absolute Gasteiger partial charge is 0.493 e. The second-order valence-electron chi connectivity index (χ2n) is 7.01. The van der Waals surface area contributed by atoms with Crippen LogP contribution in [0.5, 0.6) is 11.5 Å². The number of ether oxygens (including phenoxy) is 2. The lowest BCUT2D eigenvalue weighted by atomic mass is 10.1. The molecular formula is C23H27ClN2O3. The lowest BCUT2D eigenvalue weighted by Gasteiger charge is -2.28. The maximum Gasteiger partial charge on any atom is 0.244 e. The third kappa shape index (κ3) is 5.75. The summed E-state index contributed by atoms with van der Waals surface area (Å²) in [6.45, 7) is 2.61. The summed E-state index contributed by atoms with van der Waals surface area (Å²) < 4.78 is 10.5. The molecule has 0 bridgehead atoms. The van der Waals surface area contributed by atoms with E-state index < -0.39 is 0 Å². The van der Waals surface area contributed by atoms with E-state index in [2.05, 4.69) is 16.3 Å². The van der Waals surface area contributed by atoms with E-state index in [0.717, 1.165) is 24.2 Å². The van der Waals surface area contributed by atoms with Crippen LogP contribution in [0.1, 0.15) is 30.0 Å². The van der Waals surface area contributed by atoms with Crippen molar-refractivity contribution < 1.29 is 14.3 Å². The fourth-order valence-corrected chi connectivity index (χ4v) is 3.81. The van der Waals surface area contributed by atoms with Crippen molar-refractivity contribution in [3.63, 3.8) is 0 Å². The Labute approximate surface area is 177 Å². The molecule has 1 amide bonds. The normalized spacial score (nSPS) is 15.4. The third-order valence-corrected chi connectivity index (χ3v) is 5.35. The zero-order valence-electron chi connectivity index (χ0n) is 16.9. The van der Waals surface area contributed by atoms with Crippen LogP contribution in [0.25, 0.3) is 6.08 Å². The summed E-state index contributed by atoms with van der Waals surface area (Å²) in [6, 6.07) is 13.5. The molecule has 1 saturated heterocycles. The summed E-state index contributed by atoms with van der Waals surface area (Å²) in [7, 11) is 3.18. The van der Waals surface area contributed by atoms with Gasteiger partial charge in [-0.05, 0) is 67.4 Å². The van der Waals surface area contributed by atoms with Crippen molar-refractivity contribution in [3.8, 4) is 11.5 Å². The van der Waals surface area contributed by atoms with Crippen LogP contribution in [0.3, 0.4) is 0 Å². The number of carbonyl (C=O) groups excluding carboxylic acids is 1. The highest BCUT2D eigenvalue weighted by atomic mass is 35.5. The molecule has 1 aliphatic heterocycles. The summed E-state index contributed by atoms with van der Waals surface area (Å²) >= 11 is 6.19. The minimum atomic E-state index is -0.133. The van der Waals surface area contributed by atoms with Crippen molar-refractivity contribution >= 4 is 23.6 Å². The van der Waals surface area contributed by atoms with E-state index >= 15 is 0 Å². The average Bonchev–Trinajstić information content (AvgIpc) is 3.26. The fraction of sp³-hybridized carbons (Fsp3) is 0.348. The van der Waals surface area contributed by atoms with Gasteiger partial charge in [-0.25, -0.2) is 0 Å². The van der Waals surface area contributed by atoms with Crippen molar-refractivity contribution in [2.45, 2.75) is 18.9 Å². The van der Waals surface area contributed by atoms with Gasteiger partial charge < -0.3 is 14.8 Å². The number of hydrogen-bond acceptors (Lipinski definition) is 4. The zero-order valence-corrected chi connectivity index (χ0v) is 17.6. The van der Waals surface area contributed by atoms with Gasteiger partial charge >= 0.3 is 0 Å². The van der Waals surface area contributed by atoms with Gasteiger partial charge in [-0.3, -0.25) is 9.69 Å². The quantitative estimate of drug-likeness (QED) is 0.653. The number of likely N-dealkylation sites (tertiary alicyclic amines) is 1. The van der Waals surface area contributed by atoms with Gasteiger partial charge in [0, 0.05) is 17.6 Å². The van der Waals surface area contributed by atoms with E-state index in [1.807, 2.05) is 36.4 Å². The second-order valence-corrected chi connectivity index (χ2v) is 7.44. The number of rotatable bonds is 8. The molecule has 0 aromatic heterocycles. The molecule has 1 fully saturated rings. The van der Waals surface area contributed by atoms with Crippen molar-refractivity contribution in [3.05, 3.63) is 64.7 Å². The van der Waals surface area contributed by atoms with Gasteiger partial charge in [0.2, 0.25) is 5.91 Å². The highest BCUT2D eigenvalue weighted by molar-refractivity contribution is 6.30. The fourth-order valence-electron chi connectivity index (χ4n) is 3.61. The maximum atomic E-state index is 12.4. The number of halogens is 1. The van der Waals surface area contributed by atoms with Gasteiger partial charge in [-0.15, -0.1) is 0 Å². The Hall–Kier alpha value is -2.50. The molecule has 0 saturated carbocycles. The van der Waals surface area contributed by atoms with Gasteiger partial charge in [0.25, 0.3) is 0 Å². The highest BCUT2D eigenvalue weighted by Gasteiger charge is 2.23. The van der Waals surface area contributed by atoms with E-state index in [1.165, 1.54) is 12.8 Å². The predicted molar refractivity (Wildman–Crippen MR) is 117 cm³/mol. The lowest BCUT2D eigenvalue weighted by Crippen LogP contribution is -2.36. The second kappa shape index (κ2) is 10.3. The molecule has 2 aromatic carbocycles. The molecule has 0 radical (unpaired) electrons. The Bertz CT molecular complexity index is 863. The van der Waals surface area contributed by atoms with Gasteiger partial charge in [0.15, 0.2) is 11.5 Å². The molecular weight excluding hydrogens is 388 g/mol. The van der Waals surface area contributed by atoms with Crippen LogP contribution in [0.2, 0.25) is 5.02 Å². The van der Waals surface area contributed by atoms with Crippen molar-refractivity contribution in [2.24, 2.45) is 0 Å². The number of hydrogen-bond donors (Lipinski definition) is 1. The van der Waals surface area contributed by atoms with Gasteiger partial charge in [0.05, 0.1) is 20.3 Å². The Morgan fingerprint density at radius 2 is 1.90 bits per heavy atom. The number of methoxy groups -OCH3 is 2. The van der Waals surface area contributed by atoms with Gasteiger partial charge in [0.1, 0.15) is 0 Å². The molecule has 1 unspecified atom stereocenters. The maximum absolute atomic E-state index is 12.4. The van der Waals surface area contributed by atoms with E-state index in [9.17, 15) is 4.79 Å². The first kappa shape index (κ1) is 21.2. The predicted octanol–water partition coefficient (Wildman–Crippen LogP) is 4.32. The van der Waals surface area contributed by atoms with E-state index in [1.54, 1.807) is 26.4 Å². The zero-order chi connectivity index (χ0) is 20.6. The van der Waals surface area contributed by atoms with Crippen LogP contribution in [0.15, 0.2) is 48.5 Å². The number of nitrogens with one attached hydrogen (secondary N) is 1. The van der Waals surface area contributed by atoms with E-state index in [-0.39, 0.29) is 11.9 Å². The first-order chi connectivity index (χ1) is 14.1. The standard InChI is InChI=1S/C23H27ClN2O3/c1-28-21-10-8-17(14-22(21)29-2)9-11-23(27)25-16-20(26-12-3-4-13-26)18-6-5-7-19(24)15-18/h5-11,14-15,20H,3-4,12-13,16H2,1-2H3,(H,25,27)/b11-9+. The summed E-state index contributed by atoms with van der Waals surface area (Å²) in [4.78, 5) is 14.8. The third-order valence-electron chi connectivity index (χ3n) is 5.12. The van der Waals surface area contributed by atoms with Crippen molar-refractivity contribution in [1.82, 2.24) is 10.2 Å². The molecule has 2 aromatic rings. The average molecular weight is 415 g/mol. The number of carbonyl (C=O) groups is 1. The summed E-state index contributed by atoms with van der Waals surface area (Å²) in [5, 5.41) is 3.75. The van der Waals surface area contributed by atoms with Crippen LogP contribution in [-0.4, -0.2) is 44.7 Å². The molecule has 3 rings (SSSR count). The van der Waals surface area contributed by atoms with E-state index in [4.69, 9.17) is 21.1 Å². The molecule has 154 valence electrons. The Morgan fingerprint density at radius 1 is 1.14 bits per heavy atom. The van der Waals surface area contributed by atoms with Crippen LogP contribution in [0.4, 0.5) is 0 Å². The molecule has 29 heavy (non-hydrogen) atoms. The lowest BCUT2D eigenvalue weighted by molar-refractivity contribution is -0.116. The molecule has 5 nitrogen and oxygen atoms in total. The summed E-state index contributed by atoms with van der Waals surface area (Å²) in [6.07, 6.45) is 5.68. The van der Waals surface area contributed by atoms with E-state index in [0.29, 0.717) is 23.1 Å². The molecule has 1 aliphatic rings. The monoisotopic (exact) mass is 414 g/mol. The first-order valence-corrected chi connectivity index (χ1v) is 10.2. The summed E-state index contributed by atoms with van der Waals surface area (Å²) in [5.41, 5.74) is 1.99. The number of nitrogens with zero attached hydrogens (tertiary/aromatic N) is 1. The van der Waals surface area contributed by atoms with Crippen LogP contribution in [0, 0.1) is 0 Å². The number of amides is 1. The minimum absolute atomic E-state index is 0.120. The molecule has 1 atom stereocenters. The van der Waals surface area contributed by atoms with Gasteiger partial charge in [-0.1, -0.05) is 29.8 Å². The van der Waals surface area contributed by atoms with Gasteiger partial charge in [-0.2, -0.15) is 0 Å². The summed E-state index contributed by atoms with van der Waals surface area (Å²) in [5.74, 6) is 1.15. The molecule has 0 aliphatic carbocycles. The van der Waals surface area contributed by atoms with Crippen LogP contribution in [-0.2, 0) is 4.79 Å². The molecule has 1 heterocycles. The van der Waals surface area contributed by atoms with Crippen LogP contribution >= 0.6 is 11.6 Å².